The molecule has 1 atom stereocenters. The number of nitrogens with zero attached hydrogens (tertiary/aromatic N) is 1. The maximum atomic E-state index is 11.8. The van der Waals surface area contributed by atoms with Crippen LogP contribution in [0.3, 0.4) is 0 Å². The molecular weight excluding hydrogens is 262 g/mol. The molecule has 0 saturated carbocycles. The molecule has 1 aliphatic rings. The van der Waals surface area contributed by atoms with E-state index < -0.39 is 17.9 Å². The Balaban J connectivity index is 2.12. The van der Waals surface area contributed by atoms with Gasteiger partial charge in [0.2, 0.25) is 0 Å². The highest BCUT2D eigenvalue weighted by molar-refractivity contribution is 6.04. The maximum Gasteiger partial charge on any atom is 0.337 e. The molecule has 0 aromatic heterocycles. The van der Waals surface area contributed by atoms with E-state index in [4.69, 9.17) is 0 Å². The Morgan fingerprint density at radius 3 is 2.35 bits per heavy atom. The number of esters is 2. The zero-order valence-electron chi connectivity index (χ0n) is 11.3. The monoisotopic (exact) mass is 277 g/mol. The van der Waals surface area contributed by atoms with Gasteiger partial charge in [-0.1, -0.05) is 0 Å². The fourth-order valence-electron chi connectivity index (χ4n) is 2.16. The Morgan fingerprint density at radius 2 is 1.80 bits per heavy atom. The predicted octanol–water partition coefficient (Wildman–Crippen LogP) is 0.651. The SMILES string of the molecule is COC(=O)c1ccc(N2CC(=O)C(C(=O)OC)C2)cc1. The Kier molecular flexibility index (Phi) is 4.02. The number of hydrogen-bond donors (Lipinski definition) is 0. The van der Waals surface area contributed by atoms with Gasteiger partial charge in [-0.05, 0) is 24.3 Å². The summed E-state index contributed by atoms with van der Waals surface area (Å²) in [5.74, 6) is -1.82. The van der Waals surface area contributed by atoms with Crippen LogP contribution in [0.4, 0.5) is 5.69 Å². The average Bonchev–Trinajstić information content (AvgIpc) is 2.87. The lowest BCUT2D eigenvalue weighted by atomic mass is 10.1. The number of benzene rings is 1. The summed E-state index contributed by atoms with van der Waals surface area (Å²) in [6.45, 7) is 0.459. The highest BCUT2D eigenvalue weighted by Crippen LogP contribution is 2.23. The van der Waals surface area contributed by atoms with Crippen molar-refractivity contribution in [2.24, 2.45) is 5.92 Å². The van der Waals surface area contributed by atoms with Gasteiger partial charge in [-0.3, -0.25) is 9.59 Å². The Morgan fingerprint density at radius 1 is 1.15 bits per heavy atom. The van der Waals surface area contributed by atoms with Crippen LogP contribution < -0.4 is 4.90 Å². The van der Waals surface area contributed by atoms with Gasteiger partial charge in [-0.15, -0.1) is 0 Å². The summed E-state index contributed by atoms with van der Waals surface area (Å²) in [7, 11) is 2.58. The van der Waals surface area contributed by atoms with Crippen molar-refractivity contribution in [3.8, 4) is 0 Å². The first-order valence-corrected chi connectivity index (χ1v) is 6.10. The Labute approximate surface area is 116 Å². The van der Waals surface area contributed by atoms with Crippen molar-refractivity contribution in [2.45, 2.75) is 0 Å². The lowest BCUT2D eigenvalue weighted by Gasteiger charge is -2.17. The molecule has 1 heterocycles. The highest BCUT2D eigenvalue weighted by Gasteiger charge is 2.37. The van der Waals surface area contributed by atoms with Crippen LogP contribution in [0.25, 0.3) is 0 Å². The second kappa shape index (κ2) is 5.73. The summed E-state index contributed by atoms with van der Waals surface area (Å²) in [6.07, 6.45) is 0. The van der Waals surface area contributed by atoms with Gasteiger partial charge in [-0.2, -0.15) is 0 Å². The molecule has 6 nitrogen and oxygen atoms in total. The molecule has 1 aliphatic heterocycles. The van der Waals surface area contributed by atoms with E-state index in [9.17, 15) is 14.4 Å². The second-order valence-corrected chi connectivity index (χ2v) is 4.46. The van der Waals surface area contributed by atoms with E-state index >= 15 is 0 Å². The van der Waals surface area contributed by atoms with Crippen LogP contribution in [0.2, 0.25) is 0 Å². The molecule has 1 aromatic rings. The van der Waals surface area contributed by atoms with Gasteiger partial charge in [0, 0.05) is 12.2 Å². The molecular formula is C14H15NO5. The van der Waals surface area contributed by atoms with E-state index in [1.807, 2.05) is 0 Å². The topological polar surface area (TPSA) is 72.9 Å². The fraction of sp³-hybridized carbons (Fsp3) is 0.357. The van der Waals surface area contributed by atoms with Crippen LogP contribution in [0.1, 0.15) is 10.4 Å². The number of ether oxygens (including phenoxy) is 2. The van der Waals surface area contributed by atoms with Gasteiger partial charge in [-0.25, -0.2) is 4.79 Å². The summed E-state index contributed by atoms with van der Waals surface area (Å²) in [6, 6.07) is 6.69. The Hall–Kier alpha value is -2.37. The van der Waals surface area contributed by atoms with Crippen LogP contribution >= 0.6 is 0 Å². The molecule has 1 saturated heterocycles. The van der Waals surface area contributed by atoms with Crippen molar-refractivity contribution in [1.29, 1.82) is 0 Å². The maximum absolute atomic E-state index is 11.8. The third-order valence-corrected chi connectivity index (χ3v) is 3.28. The summed E-state index contributed by atoms with van der Waals surface area (Å²) in [4.78, 5) is 36.3. The lowest BCUT2D eigenvalue weighted by molar-refractivity contribution is -0.147. The molecule has 0 aliphatic carbocycles. The van der Waals surface area contributed by atoms with Gasteiger partial charge in [0.15, 0.2) is 5.78 Å². The van der Waals surface area contributed by atoms with Gasteiger partial charge in [0.25, 0.3) is 0 Å². The quantitative estimate of drug-likeness (QED) is 0.596. The smallest absolute Gasteiger partial charge is 0.337 e. The first-order chi connectivity index (χ1) is 9.56. The number of anilines is 1. The third kappa shape index (κ3) is 2.64. The molecule has 0 N–H and O–H groups in total. The molecule has 20 heavy (non-hydrogen) atoms. The molecule has 1 aromatic carbocycles. The van der Waals surface area contributed by atoms with Gasteiger partial charge < -0.3 is 14.4 Å². The van der Waals surface area contributed by atoms with Crippen molar-refractivity contribution in [1.82, 2.24) is 0 Å². The molecule has 6 heteroatoms. The standard InChI is InChI=1S/C14H15NO5/c1-19-13(17)9-3-5-10(6-4-9)15-7-11(12(16)8-15)14(18)20-2/h3-6,11H,7-8H2,1-2H3. The normalized spacial score (nSPS) is 18.0. The minimum absolute atomic E-state index is 0.158. The van der Waals surface area contributed by atoms with Crippen molar-refractivity contribution < 1.29 is 23.9 Å². The van der Waals surface area contributed by atoms with E-state index in [0.717, 1.165) is 5.69 Å². The van der Waals surface area contributed by atoms with E-state index in [1.165, 1.54) is 14.2 Å². The number of Topliss-reactive ketones (excluding diaryl/α,β-unsaturated/α-hetero) is 1. The summed E-state index contributed by atoms with van der Waals surface area (Å²) in [5, 5.41) is 0. The minimum atomic E-state index is -0.736. The van der Waals surface area contributed by atoms with Crippen molar-refractivity contribution in [3.05, 3.63) is 29.8 Å². The Bertz CT molecular complexity index is 537. The van der Waals surface area contributed by atoms with Crippen molar-refractivity contribution in [3.63, 3.8) is 0 Å². The molecule has 0 radical (unpaired) electrons. The molecule has 106 valence electrons. The number of carbonyl (C=O) groups is 3. The number of rotatable bonds is 3. The largest absolute Gasteiger partial charge is 0.468 e. The second-order valence-electron chi connectivity index (χ2n) is 4.46. The number of ketones is 1. The highest BCUT2D eigenvalue weighted by atomic mass is 16.5. The van der Waals surface area contributed by atoms with Crippen LogP contribution in [-0.4, -0.2) is 45.0 Å². The number of hydrogen-bond acceptors (Lipinski definition) is 6. The predicted molar refractivity (Wildman–Crippen MR) is 70.5 cm³/mol. The summed E-state index contributed by atoms with van der Waals surface area (Å²) < 4.78 is 9.22. The van der Waals surface area contributed by atoms with Gasteiger partial charge in [0.05, 0.1) is 26.3 Å². The molecule has 1 fully saturated rings. The summed E-state index contributed by atoms with van der Waals surface area (Å²) >= 11 is 0. The summed E-state index contributed by atoms with van der Waals surface area (Å²) in [5.41, 5.74) is 1.21. The van der Waals surface area contributed by atoms with Crippen LogP contribution in [0, 0.1) is 5.92 Å². The fourth-order valence-corrected chi connectivity index (χ4v) is 2.16. The van der Waals surface area contributed by atoms with Crippen molar-refractivity contribution >= 4 is 23.4 Å². The first-order valence-electron chi connectivity index (χ1n) is 6.10. The number of carbonyl (C=O) groups excluding carboxylic acids is 3. The lowest BCUT2D eigenvalue weighted by Crippen LogP contribution is -2.24. The number of methoxy groups -OCH3 is 2. The average molecular weight is 277 g/mol. The molecule has 2 rings (SSSR count). The van der Waals surface area contributed by atoms with Gasteiger partial charge >= 0.3 is 11.9 Å². The van der Waals surface area contributed by atoms with E-state index in [0.29, 0.717) is 12.1 Å². The molecule has 0 amide bonds. The van der Waals surface area contributed by atoms with E-state index in [-0.39, 0.29) is 12.3 Å². The zero-order valence-corrected chi connectivity index (χ0v) is 11.3. The molecule has 0 bridgehead atoms. The molecule has 0 spiro atoms. The van der Waals surface area contributed by atoms with Crippen LogP contribution in [-0.2, 0) is 19.1 Å². The van der Waals surface area contributed by atoms with Crippen LogP contribution in [0.5, 0.6) is 0 Å². The van der Waals surface area contributed by atoms with E-state index in [2.05, 4.69) is 9.47 Å². The van der Waals surface area contributed by atoms with E-state index in [1.54, 1.807) is 29.2 Å². The molecule has 1 unspecified atom stereocenters. The van der Waals surface area contributed by atoms with Gasteiger partial charge in [0.1, 0.15) is 5.92 Å². The minimum Gasteiger partial charge on any atom is -0.468 e. The van der Waals surface area contributed by atoms with Crippen molar-refractivity contribution in [2.75, 3.05) is 32.2 Å². The first kappa shape index (κ1) is 14.0. The zero-order chi connectivity index (χ0) is 14.7. The van der Waals surface area contributed by atoms with Crippen LogP contribution in [0.15, 0.2) is 24.3 Å². The third-order valence-electron chi connectivity index (χ3n) is 3.28.